The van der Waals surface area contributed by atoms with Gasteiger partial charge in [0, 0.05) is 24.3 Å². The summed E-state index contributed by atoms with van der Waals surface area (Å²) in [7, 11) is 0. The molecule has 2 aromatic carbocycles. The van der Waals surface area contributed by atoms with Gasteiger partial charge in [0.2, 0.25) is 0 Å². The molecule has 25 heteroatoms. The minimum Gasteiger partial charge on any atom is -0.464 e. The molecule has 6 heterocycles. The van der Waals surface area contributed by atoms with Gasteiger partial charge in [0.15, 0.2) is 67.5 Å². The van der Waals surface area contributed by atoms with Gasteiger partial charge >= 0.3 is 5.97 Å². The second-order valence-electron chi connectivity index (χ2n) is 22.5. The summed E-state index contributed by atoms with van der Waals surface area (Å²) in [5, 5.41) is 28.7. The Balaban J connectivity index is 0.000000171. The van der Waals surface area contributed by atoms with E-state index < -0.39 is 53.0 Å². The molecule has 4 aliphatic carbocycles. The lowest BCUT2D eigenvalue weighted by atomic mass is 10.1. The summed E-state index contributed by atoms with van der Waals surface area (Å²) in [5.41, 5.74) is 5.69. The second-order valence-corrected chi connectivity index (χ2v) is 24.6. The summed E-state index contributed by atoms with van der Waals surface area (Å²) in [6, 6.07) is 7.76. The molecule has 6 fully saturated rings. The van der Waals surface area contributed by atoms with Crippen molar-refractivity contribution in [3.63, 3.8) is 0 Å². The summed E-state index contributed by atoms with van der Waals surface area (Å²) >= 11 is 3.17. The summed E-state index contributed by atoms with van der Waals surface area (Å²) < 4.78 is 100. The molecule has 12 atom stereocenters. The lowest BCUT2D eigenvalue weighted by Gasteiger charge is -2.23. The van der Waals surface area contributed by atoms with Gasteiger partial charge in [-0.2, -0.15) is 0 Å². The van der Waals surface area contributed by atoms with Gasteiger partial charge < -0.3 is 38.3 Å². The van der Waals surface area contributed by atoms with E-state index in [1.807, 2.05) is 32.4 Å². The lowest BCUT2D eigenvalue weighted by molar-refractivity contribution is -0.174. The summed E-state index contributed by atoms with van der Waals surface area (Å²) in [6.07, 6.45) is 3.95. The Labute approximate surface area is 474 Å². The van der Waals surface area contributed by atoms with Crippen LogP contribution in [0.4, 0.5) is 17.6 Å². The molecule has 4 aromatic heterocycles. The van der Waals surface area contributed by atoms with Crippen LogP contribution in [0.5, 0.6) is 0 Å². The molecule has 12 rings (SSSR count). The van der Waals surface area contributed by atoms with Crippen LogP contribution in [-0.4, -0.2) is 147 Å². The SMILES string of the molecule is CCCSc1nc(CC2C[C@@H]2c2ccc(F)c(F)c2)c2nnn(C3C[C@H](OCC(=O)OCC)[C@H]4OC(C)(C)O[C@@H]34)c2n1.CCCSc1nc(CC2C[C@@H]2c2ccc(F)c(F)c2)c2nnn(C3C[C@H](OCCO)[C@H]4OC(C)(C)O[C@@H]34)c2n1. The van der Waals surface area contributed by atoms with Gasteiger partial charge in [-0.15, -0.1) is 10.2 Å². The molecule has 2 aliphatic heterocycles. The number of nitrogens with zero attached hydrogens (tertiary/aromatic N) is 10. The van der Waals surface area contributed by atoms with E-state index in [1.165, 1.54) is 24.3 Å². The van der Waals surface area contributed by atoms with E-state index in [1.54, 1.807) is 47.3 Å². The first-order valence-electron chi connectivity index (χ1n) is 28.0. The van der Waals surface area contributed by atoms with Crippen molar-refractivity contribution < 1.29 is 60.6 Å². The number of hydrogen-bond acceptors (Lipinski definition) is 19. The van der Waals surface area contributed by atoms with Gasteiger partial charge in [-0.25, -0.2) is 51.7 Å². The molecule has 0 bridgehead atoms. The van der Waals surface area contributed by atoms with Crippen molar-refractivity contribution in [3.05, 3.63) is 82.2 Å². The first kappa shape index (κ1) is 57.8. The molecular formula is C56H68F4N10O9S2. The number of ether oxygens (including phenoxy) is 7. The van der Waals surface area contributed by atoms with Crippen LogP contribution in [0.1, 0.15) is 133 Å². The smallest absolute Gasteiger partial charge is 0.332 e. The van der Waals surface area contributed by atoms with Crippen molar-refractivity contribution in [1.82, 2.24) is 49.9 Å². The van der Waals surface area contributed by atoms with Crippen LogP contribution >= 0.6 is 23.5 Å². The fraction of sp³-hybridized carbons (Fsp3) is 0.625. The van der Waals surface area contributed by atoms with Crippen molar-refractivity contribution in [1.29, 1.82) is 0 Å². The number of carbonyl (C=O) groups excluding carboxylic acids is 1. The minimum atomic E-state index is -0.842. The number of esters is 1. The Hall–Kier alpha value is -4.99. The molecule has 6 aromatic rings. The van der Waals surface area contributed by atoms with Crippen LogP contribution in [0.3, 0.4) is 0 Å². The van der Waals surface area contributed by atoms with E-state index in [0.717, 1.165) is 59.7 Å². The van der Waals surface area contributed by atoms with Crippen LogP contribution < -0.4 is 0 Å². The van der Waals surface area contributed by atoms with Gasteiger partial charge in [0.05, 0.1) is 55.5 Å². The molecule has 0 radical (unpaired) electrons. The number of thioether (sulfide) groups is 2. The van der Waals surface area contributed by atoms with Crippen molar-refractivity contribution in [3.8, 4) is 0 Å². The third-order valence-electron chi connectivity index (χ3n) is 15.7. The minimum absolute atomic E-state index is 0.0730. The molecule has 19 nitrogen and oxygen atoms in total. The van der Waals surface area contributed by atoms with Gasteiger partial charge in [-0.05, 0) is 132 Å². The zero-order valence-electron chi connectivity index (χ0n) is 46.3. The maximum Gasteiger partial charge on any atom is 0.332 e. The van der Waals surface area contributed by atoms with Crippen molar-refractivity contribution in [2.75, 3.05) is 37.9 Å². The van der Waals surface area contributed by atoms with E-state index >= 15 is 0 Å². The number of fused-ring (bicyclic) bond motifs is 4. The highest BCUT2D eigenvalue weighted by Gasteiger charge is 2.58. The fourth-order valence-electron chi connectivity index (χ4n) is 11.9. The molecule has 4 saturated carbocycles. The zero-order valence-corrected chi connectivity index (χ0v) is 47.9. The molecule has 6 aliphatic rings. The standard InChI is InChI=1S/C29H35F2N5O5S.C27H33F2N5O4S/c1-5-9-42-28-32-20(12-16-10-17(16)15-7-8-18(30)19(31)11-15)24-27(33-28)36(35-34-24)21-13-22(39-14-23(37)38-6-2)26-25(21)40-29(3,4)41-26;1-4-9-39-26-30-19(12-15-10-16(15)14-5-6-17(28)18(29)11-14)22-25(31-26)34(33-32-22)20-13-21(36-8-7-35)24-23(20)37-27(2,3)38-24/h7-8,11,16-17,21-22,25-26H,5-6,9-10,12-14H2,1-4H3;5-6,11,15-16,20-21,23-24,35H,4,7-10,12-13H2,1-3H3/t16?,17-,21?,22+,25+,26-;15?,16-,20?,21+,23+,24-/m11/s1. The highest BCUT2D eigenvalue weighted by Crippen LogP contribution is 2.52. The molecule has 81 heavy (non-hydrogen) atoms. The molecular weight excluding hydrogens is 1100 g/mol. The Morgan fingerprint density at radius 1 is 0.642 bits per heavy atom. The molecule has 0 amide bonds. The van der Waals surface area contributed by atoms with Gasteiger partial charge in [0.25, 0.3) is 0 Å². The molecule has 0 spiro atoms. The van der Waals surface area contributed by atoms with E-state index in [2.05, 4.69) is 34.5 Å². The van der Waals surface area contributed by atoms with E-state index in [9.17, 15) is 27.5 Å². The van der Waals surface area contributed by atoms with Gasteiger partial charge in [-0.1, -0.05) is 59.9 Å². The molecule has 2 saturated heterocycles. The fourth-order valence-corrected chi connectivity index (χ4v) is 13.3. The number of aliphatic hydroxyl groups is 1. The Morgan fingerprint density at radius 2 is 1.10 bits per heavy atom. The van der Waals surface area contributed by atoms with E-state index in [-0.39, 0.29) is 86.6 Å². The Bertz CT molecular complexity index is 3250. The van der Waals surface area contributed by atoms with E-state index in [0.29, 0.717) is 58.3 Å². The number of benzene rings is 2. The number of aromatic nitrogens is 10. The van der Waals surface area contributed by atoms with Crippen molar-refractivity contribution in [2.24, 2.45) is 11.8 Å². The zero-order chi connectivity index (χ0) is 56.9. The van der Waals surface area contributed by atoms with Crippen LogP contribution in [0.15, 0.2) is 46.7 Å². The number of hydrogen-bond donors (Lipinski definition) is 1. The number of rotatable bonds is 21. The first-order valence-corrected chi connectivity index (χ1v) is 30.0. The average molecular weight is 1170 g/mol. The Morgan fingerprint density at radius 3 is 1.53 bits per heavy atom. The second kappa shape index (κ2) is 23.9. The third-order valence-corrected chi connectivity index (χ3v) is 17.8. The predicted molar refractivity (Wildman–Crippen MR) is 288 cm³/mol. The highest BCUT2D eigenvalue weighted by molar-refractivity contribution is 7.99. The predicted octanol–water partition coefficient (Wildman–Crippen LogP) is 8.95. The van der Waals surface area contributed by atoms with Gasteiger partial charge in [-0.3, -0.25) is 0 Å². The number of carbonyl (C=O) groups is 1. The number of aliphatic hydroxyl groups excluding tert-OH is 1. The highest BCUT2D eigenvalue weighted by atomic mass is 32.2. The average Bonchev–Trinajstić information content (AvgIpc) is 3.38. The van der Waals surface area contributed by atoms with Crippen LogP contribution in [0.2, 0.25) is 0 Å². The molecule has 1 N–H and O–H groups in total. The largest absolute Gasteiger partial charge is 0.464 e. The van der Waals surface area contributed by atoms with Crippen LogP contribution in [0.25, 0.3) is 22.3 Å². The first-order chi connectivity index (χ1) is 38.9. The van der Waals surface area contributed by atoms with E-state index in [4.69, 9.17) is 53.1 Å². The topological polar surface area (TPSA) is 215 Å². The summed E-state index contributed by atoms with van der Waals surface area (Å²) in [4.78, 5) is 31.4. The van der Waals surface area contributed by atoms with Crippen LogP contribution in [0, 0.1) is 35.1 Å². The van der Waals surface area contributed by atoms with Crippen LogP contribution in [-0.2, 0) is 50.8 Å². The number of halogens is 4. The third kappa shape index (κ3) is 12.5. The van der Waals surface area contributed by atoms with Crippen molar-refractivity contribution in [2.45, 2.75) is 182 Å². The lowest BCUT2D eigenvalue weighted by Crippen LogP contribution is -2.32. The maximum absolute atomic E-state index is 13.9. The molecule has 436 valence electrons. The monoisotopic (exact) mass is 1160 g/mol. The quantitative estimate of drug-likeness (QED) is 0.0308. The maximum atomic E-state index is 13.9. The molecule has 4 unspecified atom stereocenters. The summed E-state index contributed by atoms with van der Waals surface area (Å²) in [5.74, 6) is -2.86. The normalized spacial score (nSPS) is 28.5. The van der Waals surface area contributed by atoms with Crippen molar-refractivity contribution >= 4 is 51.8 Å². The Kier molecular flexibility index (Phi) is 17.1. The summed E-state index contributed by atoms with van der Waals surface area (Å²) in [6.45, 7) is 13.7. The van der Waals surface area contributed by atoms with Gasteiger partial charge in [0.1, 0.15) is 31.0 Å².